The molecule has 1 aliphatic heterocycles. The number of amides is 1. The van der Waals surface area contributed by atoms with Gasteiger partial charge in [-0.1, -0.05) is 30.3 Å². The first-order chi connectivity index (χ1) is 11.5. The Kier molecular flexibility index (Phi) is 3.67. The first kappa shape index (κ1) is 15.7. The third kappa shape index (κ3) is 2.53. The van der Waals surface area contributed by atoms with Crippen molar-refractivity contribution in [1.82, 2.24) is 4.31 Å². The molecule has 4 rings (SSSR count). The Morgan fingerprint density at radius 3 is 2.88 bits per heavy atom. The molecule has 0 radical (unpaired) electrons. The van der Waals surface area contributed by atoms with Crippen molar-refractivity contribution in [3.63, 3.8) is 0 Å². The third-order valence-corrected chi connectivity index (χ3v) is 7.65. The van der Waals surface area contributed by atoms with E-state index < -0.39 is 15.9 Å². The normalized spacial score (nSPS) is 33.1. The van der Waals surface area contributed by atoms with E-state index in [9.17, 15) is 13.2 Å². The lowest BCUT2D eigenvalue weighted by Gasteiger charge is -2.29. The third-order valence-electron chi connectivity index (χ3n) is 5.68. The number of benzene rings is 1. The van der Waals surface area contributed by atoms with Crippen LogP contribution in [0.3, 0.4) is 0 Å². The molecular formula is C18H21NO4S. The summed E-state index contributed by atoms with van der Waals surface area (Å²) < 4.78 is 31.5. The van der Waals surface area contributed by atoms with Gasteiger partial charge in [-0.15, -0.1) is 0 Å². The lowest BCUT2D eigenvalue weighted by Crippen LogP contribution is -2.41. The van der Waals surface area contributed by atoms with Crippen LogP contribution in [-0.2, 0) is 26.2 Å². The zero-order chi connectivity index (χ0) is 16.8. The largest absolute Gasteiger partial charge is 0.496 e. The quantitative estimate of drug-likeness (QED) is 0.620. The van der Waals surface area contributed by atoms with Crippen molar-refractivity contribution < 1.29 is 17.9 Å². The molecule has 0 N–H and O–H groups in total. The Labute approximate surface area is 142 Å². The summed E-state index contributed by atoms with van der Waals surface area (Å²) in [5.41, 5.74) is 0.813. The van der Waals surface area contributed by atoms with Gasteiger partial charge in [0, 0.05) is 11.5 Å². The highest BCUT2D eigenvalue weighted by Crippen LogP contribution is 2.60. The van der Waals surface area contributed by atoms with E-state index in [0.717, 1.165) is 35.6 Å². The first-order valence-electron chi connectivity index (χ1n) is 8.38. The molecule has 3 atom stereocenters. The van der Waals surface area contributed by atoms with E-state index in [2.05, 4.69) is 0 Å². The number of sulfonamides is 1. The first-order valence-corrected chi connectivity index (χ1v) is 9.99. The van der Waals surface area contributed by atoms with Gasteiger partial charge in [-0.05, 0) is 37.2 Å². The van der Waals surface area contributed by atoms with Gasteiger partial charge in [0.05, 0.1) is 18.1 Å². The van der Waals surface area contributed by atoms with Gasteiger partial charge in [0.15, 0.2) is 0 Å². The summed E-state index contributed by atoms with van der Waals surface area (Å²) >= 11 is 0. The topological polar surface area (TPSA) is 63.7 Å². The van der Waals surface area contributed by atoms with Gasteiger partial charge in [0.25, 0.3) is 5.91 Å². The van der Waals surface area contributed by atoms with E-state index in [-0.39, 0.29) is 17.2 Å². The number of carbonyl (C=O) groups is 1. The van der Waals surface area contributed by atoms with Crippen molar-refractivity contribution in [3.05, 3.63) is 48.2 Å². The maximum absolute atomic E-state index is 12.5. The van der Waals surface area contributed by atoms with Gasteiger partial charge in [-0.2, -0.15) is 0 Å². The summed E-state index contributed by atoms with van der Waals surface area (Å²) in [5.74, 6) is 0.239. The maximum Gasteiger partial charge on any atom is 0.263 e. The molecule has 1 saturated heterocycles. The van der Waals surface area contributed by atoms with Crippen LogP contribution < -0.4 is 0 Å². The zero-order valence-electron chi connectivity index (χ0n) is 13.4. The molecule has 1 aromatic rings. The standard InChI is InChI=1S/C18H21NO4S/c20-17(7-9-23-12-14-4-2-1-3-5-14)19-16-10-15-6-8-18(16,11-15)13-24(19,21)22/h1-5,7,9,15-16H,6,8,10-13H2/b9-7+. The van der Waals surface area contributed by atoms with Gasteiger partial charge in [-0.3, -0.25) is 4.79 Å². The van der Waals surface area contributed by atoms with Crippen LogP contribution in [0.25, 0.3) is 0 Å². The average molecular weight is 347 g/mol. The van der Waals surface area contributed by atoms with Gasteiger partial charge in [-0.25, -0.2) is 12.7 Å². The summed E-state index contributed by atoms with van der Waals surface area (Å²) in [6.45, 7) is 0.354. The molecular weight excluding hydrogens is 326 g/mol. The van der Waals surface area contributed by atoms with E-state index in [1.165, 1.54) is 12.3 Å². The van der Waals surface area contributed by atoms with Crippen LogP contribution in [0.5, 0.6) is 0 Å². The SMILES string of the molecule is O=C(/C=C/OCc1ccccc1)N1C2CC3CCC2(C3)CS1(=O)=O. The lowest BCUT2D eigenvalue weighted by atomic mass is 9.82. The minimum absolute atomic E-state index is 0.131. The van der Waals surface area contributed by atoms with Gasteiger partial charge >= 0.3 is 0 Å². The molecule has 24 heavy (non-hydrogen) atoms. The fraction of sp³-hybridized carbons (Fsp3) is 0.500. The Morgan fingerprint density at radius 2 is 2.12 bits per heavy atom. The molecule has 0 aromatic heterocycles. The molecule has 3 aliphatic rings. The Hall–Kier alpha value is -1.82. The van der Waals surface area contributed by atoms with Crippen molar-refractivity contribution in [3.8, 4) is 0 Å². The van der Waals surface area contributed by atoms with Crippen LogP contribution in [0.4, 0.5) is 0 Å². The Balaban J connectivity index is 1.43. The van der Waals surface area contributed by atoms with E-state index in [1.807, 2.05) is 30.3 Å². The van der Waals surface area contributed by atoms with Crippen LogP contribution in [0, 0.1) is 11.3 Å². The molecule has 1 heterocycles. The summed E-state index contributed by atoms with van der Waals surface area (Å²) in [5, 5.41) is 0. The van der Waals surface area contributed by atoms with E-state index >= 15 is 0 Å². The Morgan fingerprint density at radius 1 is 1.33 bits per heavy atom. The molecule has 2 saturated carbocycles. The van der Waals surface area contributed by atoms with Crippen LogP contribution in [0.1, 0.15) is 31.2 Å². The number of ether oxygens (including phenoxy) is 1. The van der Waals surface area contributed by atoms with Gasteiger partial charge in [0.1, 0.15) is 6.61 Å². The van der Waals surface area contributed by atoms with E-state index in [1.54, 1.807) is 0 Å². The predicted octanol–water partition coefficient (Wildman–Crippen LogP) is 2.45. The molecule has 6 heteroatoms. The number of hydrogen-bond donors (Lipinski definition) is 0. The number of rotatable bonds is 4. The second-order valence-corrected chi connectivity index (χ2v) is 9.06. The minimum atomic E-state index is -3.50. The molecule has 3 fully saturated rings. The van der Waals surface area contributed by atoms with Crippen LogP contribution in [0.2, 0.25) is 0 Å². The molecule has 5 nitrogen and oxygen atoms in total. The number of hydrogen-bond acceptors (Lipinski definition) is 4. The fourth-order valence-corrected chi connectivity index (χ4v) is 7.08. The lowest BCUT2D eigenvalue weighted by molar-refractivity contribution is -0.123. The smallest absolute Gasteiger partial charge is 0.263 e. The highest BCUT2D eigenvalue weighted by atomic mass is 32.2. The summed E-state index contributed by atoms with van der Waals surface area (Å²) in [7, 11) is -3.50. The highest BCUT2D eigenvalue weighted by Gasteiger charge is 2.63. The number of carbonyl (C=O) groups excluding carboxylic acids is 1. The van der Waals surface area contributed by atoms with Crippen molar-refractivity contribution in [2.45, 2.75) is 38.3 Å². The molecule has 1 aromatic carbocycles. The summed E-state index contributed by atoms with van der Waals surface area (Å²) in [6, 6.07) is 9.47. The predicted molar refractivity (Wildman–Crippen MR) is 89.2 cm³/mol. The van der Waals surface area contributed by atoms with Crippen molar-refractivity contribution >= 4 is 15.9 Å². The number of nitrogens with zero attached hydrogens (tertiary/aromatic N) is 1. The molecule has 1 amide bonds. The van der Waals surface area contributed by atoms with Gasteiger partial charge in [0.2, 0.25) is 10.0 Å². The molecule has 1 spiro atoms. The van der Waals surface area contributed by atoms with Crippen LogP contribution in [0.15, 0.2) is 42.7 Å². The van der Waals surface area contributed by atoms with Crippen LogP contribution >= 0.6 is 0 Å². The van der Waals surface area contributed by atoms with E-state index in [4.69, 9.17) is 4.74 Å². The van der Waals surface area contributed by atoms with E-state index in [0.29, 0.717) is 12.5 Å². The molecule has 3 unspecified atom stereocenters. The zero-order valence-corrected chi connectivity index (χ0v) is 14.2. The van der Waals surface area contributed by atoms with Crippen molar-refractivity contribution in [1.29, 1.82) is 0 Å². The summed E-state index contributed by atoms with van der Waals surface area (Å²) in [4.78, 5) is 12.5. The molecule has 128 valence electrons. The second-order valence-electron chi connectivity index (χ2n) is 7.21. The maximum atomic E-state index is 12.5. The minimum Gasteiger partial charge on any atom is -0.496 e. The second kappa shape index (κ2) is 5.62. The molecule has 2 bridgehead atoms. The highest BCUT2D eigenvalue weighted by molar-refractivity contribution is 7.90. The van der Waals surface area contributed by atoms with Crippen molar-refractivity contribution in [2.24, 2.45) is 11.3 Å². The average Bonchev–Trinajstić information content (AvgIpc) is 3.15. The van der Waals surface area contributed by atoms with Crippen molar-refractivity contribution in [2.75, 3.05) is 5.75 Å². The van der Waals surface area contributed by atoms with Gasteiger partial charge < -0.3 is 4.74 Å². The van der Waals surface area contributed by atoms with Crippen LogP contribution in [-0.4, -0.2) is 30.4 Å². The number of fused-ring (bicyclic) bond motifs is 1. The monoisotopic (exact) mass is 347 g/mol. The fourth-order valence-electron chi connectivity index (χ4n) is 4.73. The summed E-state index contributed by atoms with van der Waals surface area (Å²) in [6.07, 6.45) is 6.36. The molecule has 2 aliphatic carbocycles. The Bertz CT molecular complexity index is 773.